The first-order valence-electron chi connectivity index (χ1n) is 10.4. The number of aromatic hydroxyl groups is 1. The van der Waals surface area contributed by atoms with E-state index in [1.54, 1.807) is 38.2 Å². The van der Waals surface area contributed by atoms with Crippen LogP contribution in [0.15, 0.2) is 48.5 Å². The highest BCUT2D eigenvalue weighted by atomic mass is 16.5. The smallest absolute Gasteiger partial charge is 0.335 e. The van der Waals surface area contributed by atoms with Gasteiger partial charge in [-0.25, -0.2) is 19.6 Å². The lowest BCUT2D eigenvalue weighted by Gasteiger charge is -2.13. The minimum absolute atomic E-state index is 0.0977. The van der Waals surface area contributed by atoms with Gasteiger partial charge in [0.05, 0.1) is 18.5 Å². The van der Waals surface area contributed by atoms with Crippen LogP contribution >= 0.6 is 0 Å². The van der Waals surface area contributed by atoms with Crippen LogP contribution < -0.4 is 32.7 Å². The van der Waals surface area contributed by atoms with Crippen molar-refractivity contribution in [3.05, 3.63) is 71.5 Å². The molecule has 3 N–H and O–H groups in total. The number of hydrogen-bond donors (Lipinski definition) is 3. The van der Waals surface area contributed by atoms with Gasteiger partial charge in [0.25, 0.3) is 11.1 Å². The fourth-order valence-corrected chi connectivity index (χ4v) is 3.57. The number of H-pyrrole nitrogens is 1. The van der Waals surface area contributed by atoms with Crippen molar-refractivity contribution in [1.29, 1.82) is 0 Å². The van der Waals surface area contributed by atoms with E-state index >= 15 is 0 Å². The van der Waals surface area contributed by atoms with Gasteiger partial charge in [0.15, 0.2) is 11.2 Å². The van der Waals surface area contributed by atoms with E-state index < -0.39 is 28.4 Å². The molecule has 0 aliphatic heterocycles. The van der Waals surface area contributed by atoms with Gasteiger partial charge in [-0.2, -0.15) is 10.1 Å². The average molecular weight is 482 g/mol. The molecule has 1 aromatic carbocycles. The molecule has 0 aliphatic carbocycles. The predicted octanol–water partition coefficient (Wildman–Crippen LogP) is -0.640. The number of aryl methyl sites for hydroxylation is 2. The molecule has 0 saturated heterocycles. The summed E-state index contributed by atoms with van der Waals surface area (Å²) < 4.78 is 9.98. The Kier molecular flexibility index (Phi) is 5.86. The highest BCUT2D eigenvalue weighted by Gasteiger charge is 2.18. The summed E-state index contributed by atoms with van der Waals surface area (Å²) in [6, 6.07) is 6.52. The van der Waals surface area contributed by atoms with Gasteiger partial charge in [-0.3, -0.25) is 23.7 Å². The Bertz CT molecular complexity index is 1720. The van der Waals surface area contributed by atoms with E-state index in [2.05, 4.69) is 20.5 Å². The molecule has 0 bridgehead atoms. The van der Waals surface area contributed by atoms with Crippen LogP contribution in [-0.2, 0) is 21.1 Å². The number of hydrazone groups is 1. The lowest BCUT2D eigenvalue weighted by atomic mass is 10.2. The first-order chi connectivity index (χ1) is 16.7. The number of fused-ring (bicyclic) bond motifs is 1. The second kappa shape index (κ2) is 8.81. The van der Waals surface area contributed by atoms with E-state index in [-0.39, 0.29) is 28.4 Å². The first kappa shape index (κ1) is 23.3. The lowest BCUT2D eigenvalue weighted by molar-refractivity contribution is 0.336. The van der Waals surface area contributed by atoms with E-state index in [0.29, 0.717) is 12.4 Å². The van der Waals surface area contributed by atoms with Crippen LogP contribution in [-0.4, -0.2) is 46.2 Å². The molecule has 0 atom stereocenters. The molecule has 0 aliphatic rings. The van der Waals surface area contributed by atoms with Crippen LogP contribution in [0.25, 0.3) is 16.9 Å². The van der Waals surface area contributed by atoms with Crippen molar-refractivity contribution in [3.63, 3.8) is 0 Å². The van der Waals surface area contributed by atoms with Crippen molar-refractivity contribution < 1.29 is 9.84 Å². The fraction of sp³-hybridized carbons (Fsp3) is 0.238. The van der Waals surface area contributed by atoms with Crippen molar-refractivity contribution in [1.82, 2.24) is 28.2 Å². The number of nitrogens with one attached hydrogen (secondary N) is 2. The third-order valence-corrected chi connectivity index (χ3v) is 5.36. The van der Waals surface area contributed by atoms with E-state index in [4.69, 9.17) is 4.74 Å². The van der Waals surface area contributed by atoms with Gasteiger partial charge in [-0.05, 0) is 19.1 Å². The second-order valence-electron chi connectivity index (χ2n) is 7.48. The number of aromatic nitrogens is 6. The number of ether oxygens (including phenoxy) is 1. The summed E-state index contributed by atoms with van der Waals surface area (Å²) in [6.45, 7) is 2.09. The molecule has 4 rings (SSSR count). The summed E-state index contributed by atoms with van der Waals surface area (Å²) >= 11 is 0. The molecule has 14 nitrogen and oxygen atoms in total. The van der Waals surface area contributed by atoms with E-state index in [1.165, 1.54) is 23.2 Å². The summed E-state index contributed by atoms with van der Waals surface area (Å²) in [5.74, 6) is -0.231. The number of imidazole rings is 1. The average Bonchev–Trinajstić information content (AvgIpc) is 3.15. The highest BCUT2D eigenvalue weighted by Crippen LogP contribution is 2.25. The Balaban J connectivity index is 1.77. The van der Waals surface area contributed by atoms with Crippen molar-refractivity contribution in [2.24, 2.45) is 26.2 Å². The quantitative estimate of drug-likeness (QED) is 0.241. The van der Waals surface area contributed by atoms with Crippen molar-refractivity contribution in [2.45, 2.75) is 6.92 Å². The molecule has 0 amide bonds. The molecular weight excluding hydrogens is 460 g/mol. The molecule has 0 unspecified atom stereocenters. The van der Waals surface area contributed by atoms with Crippen molar-refractivity contribution >= 4 is 23.3 Å². The number of para-hydroxylation sites is 2. The molecule has 35 heavy (non-hydrogen) atoms. The zero-order valence-corrected chi connectivity index (χ0v) is 19.3. The van der Waals surface area contributed by atoms with E-state index in [0.717, 1.165) is 15.3 Å². The van der Waals surface area contributed by atoms with E-state index in [1.807, 2.05) is 0 Å². The Morgan fingerprint density at radius 2 is 1.83 bits per heavy atom. The summed E-state index contributed by atoms with van der Waals surface area (Å²) in [5, 5.41) is 14.7. The molecule has 0 spiro atoms. The van der Waals surface area contributed by atoms with Crippen LogP contribution in [0.2, 0.25) is 0 Å². The Hall–Kier alpha value is -4.88. The van der Waals surface area contributed by atoms with Crippen LogP contribution in [0.5, 0.6) is 11.6 Å². The summed E-state index contributed by atoms with van der Waals surface area (Å²) in [7, 11) is 4.38. The number of hydrogen-bond acceptors (Lipinski definition) is 9. The Morgan fingerprint density at radius 3 is 2.54 bits per heavy atom. The van der Waals surface area contributed by atoms with Gasteiger partial charge in [0, 0.05) is 21.1 Å². The summed E-state index contributed by atoms with van der Waals surface area (Å²) in [4.78, 5) is 55.9. The molecule has 3 aromatic heterocycles. The van der Waals surface area contributed by atoms with Gasteiger partial charge in [-0.1, -0.05) is 12.1 Å². The first-order valence-corrected chi connectivity index (χ1v) is 10.4. The summed E-state index contributed by atoms with van der Waals surface area (Å²) in [5.41, 5.74) is -0.0161. The normalized spacial score (nSPS) is 11.4. The molecule has 0 radical (unpaired) electrons. The van der Waals surface area contributed by atoms with Crippen LogP contribution in [0.4, 0.5) is 5.95 Å². The largest absolute Gasteiger partial charge is 0.493 e. The van der Waals surface area contributed by atoms with Gasteiger partial charge in [0.1, 0.15) is 11.3 Å². The fourth-order valence-electron chi connectivity index (χ4n) is 3.57. The monoisotopic (exact) mass is 482 g/mol. The number of rotatable bonds is 6. The maximum Gasteiger partial charge on any atom is 0.335 e. The highest BCUT2D eigenvalue weighted by molar-refractivity contribution is 5.83. The van der Waals surface area contributed by atoms with Crippen LogP contribution in [0.1, 0.15) is 12.5 Å². The van der Waals surface area contributed by atoms with Gasteiger partial charge in [0.2, 0.25) is 11.8 Å². The molecule has 4 aromatic rings. The van der Waals surface area contributed by atoms with Crippen LogP contribution in [0, 0.1) is 0 Å². The number of benzene rings is 1. The predicted molar refractivity (Wildman–Crippen MR) is 128 cm³/mol. The summed E-state index contributed by atoms with van der Waals surface area (Å²) in [6.07, 6.45) is 1.00. The standard InChI is InChI=1S/C21H22N8O6/c1-5-35-13-9-7-6-8-12(13)29-17(31)11(16(30)24-20(29)33)10-22-25-19-23-15-14(26(19)2)18(32)28(4)21(34)27(15)3/h6-10,31H,5H2,1-4H3,(H,23,25)(H,24,30,33). The van der Waals surface area contributed by atoms with Crippen LogP contribution in [0.3, 0.4) is 0 Å². The Morgan fingerprint density at radius 1 is 1.11 bits per heavy atom. The minimum atomic E-state index is -0.871. The zero-order chi connectivity index (χ0) is 25.4. The minimum Gasteiger partial charge on any atom is -0.493 e. The zero-order valence-electron chi connectivity index (χ0n) is 19.3. The molecule has 0 saturated carbocycles. The maximum absolute atomic E-state index is 12.5. The van der Waals surface area contributed by atoms with Crippen molar-refractivity contribution in [2.75, 3.05) is 12.0 Å². The molecular formula is C21H22N8O6. The van der Waals surface area contributed by atoms with Crippen molar-refractivity contribution in [3.8, 4) is 17.3 Å². The SMILES string of the molecule is CCOc1ccccc1-n1c(O)c(C=NNc2nc3c(c(=O)n(C)c(=O)n3C)n2C)c(=O)[nH]c1=O. The lowest BCUT2D eigenvalue weighted by Crippen LogP contribution is -2.37. The number of aromatic amines is 1. The number of nitrogens with zero attached hydrogens (tertiary/aromatic N) is 6. The third-order valence-electron chi connectivity index (χ3n) is 5.36. The van der Waals surface area contributed by atoms with E-state index in [9.17, 15) is 24.3 Å². The number of anilines is 1. The van der Waals surface area contributed by atoms with Gasteiger partial charge in [-0.15, -0.1) is 0 Å². The molecule has 0 fully saturated rings. The molecule has 182 valence electrons. The molecule has 14 heteroatoms. The third kappa shape index (κ3) is 3.80. The van der Waals surface area contributed by atoms with Gasteiger partial charge < -0.3 is 14.4 Å². The Labute approximate surface area is 196 Å². The molecule has 3 heterocycles. The second-order valence-corrected chi connectivity index (χ2v) is 7.48. The maximum atomic E-state index is 12.5. The topological polar surface area (TPSA) is 171 Å². The van der Waals surface area contributed by atoms with Gasteiger partial charge >= 0.3 is 11.4 Å².